The first-order valence-corrected chi connectivity index (χ1v) is 5.75. The lowest BCUT2D eigenvalue weighted by Gasteiger charge is -2.40. The Kier molecular flexibility index (Phi) is 2.65. The summed E-state index contributed by atoms with van der Waals surface area (Å²) in [5.74, 6) is 1.75. The molecular formula is C9H10ClNOS. The molecule has 0 aromatic heterocycles. The van der Waals surface area contributed by atoms with Crippen molar-refractivity contribution in [3.8, 4) is 0 Å². The molecule has 13 heavy (non-hydrogen) atoms. The zero-order chi connectivity index (χ0) is 9.26. The molecule has 0 radical (unpaired) electrons. The van der Waals surface area contributed by atoms with Gasteiger partial charge in [0, 0.05) is 17.8 Å². The quantitative estimate of drug-likeness (QED) is 0.519. The number of fused-ring (bicyclic) bond motifs is 1. The second-order valence-corrected chi connectivity index (χ2v) is 4.51. The third kappa shape index (κ3) is 1.76. The average molecular weight is 216 g/mol. The molecule has 0 saturated carbocycles. The van der Waals surface area contributed by atoms with E-state index in [0.717, 1.165) is 5.75 Å². The molecule has 0 aromatic carbocycles. The van der Waals surface area contributed by atoms with Crippen LogP contribution in [0.25, 0.3) is 0 Å². The molecule has 2 rings (SSSR count). The van der Waals surface area contributed by atoms with Crippen LogP contribution in [0.15, 0.2) is 23.9 Å². The average Bonchev–Trinajstić information content (AvgIpc) is 2.14. The predicted octanol–water partition coefficient (Wildman–Crippen LogP) is 1.97. The van der Waals surface area contributed by atoms with Crippen molar-refractivity contribution in [2.45, 2.75) is 11.8 Å². The van der Waals surface area contributed by atoms with E-state index >= 15 is 0 Å². The molecule has 70 valence electrons. The summed E-state index contributed by atoms with van der Waals surface area (Å²) in [5, 5.41) is 0.403. The first-order chi connectivity index (χ1) is 6.31. The fourth-order valence-corrected chi connectivity index (χ4v) is 2.64. The Morgan fingerprint density at radius 3 is 3.31 bits per heavy atom. The van der Waals surface area contributed by atoms with E-state index in [1.807, 2.05) is 35.0 Å². The zero-order valence-electron chi connectivity index (χ0n) is 7.07. The van der Waals surface area contributed by atoms with Crippen molar-refractivity contribution < 1.29 is 4.79 Å². The van der Waals surface area contributed by atoms with Gasteiger partial charge in [-0.15, -0.1) is 23.4 Å². The van der Waals surface area contributed by atoms with Gasteiger partial charge in [-0.25, -0.2) is 0 Å². The lowest BCUT2D eigenvalue weighted by molar-refractivity contribution is -0.137. The zero-order valence-corrected chi connectivity index (χ0v) is 8.64. The van der Waals surface area contributed by atoms with Crippen molar-refractivity contribution in [1.29, 1.82) is 0 Å². The Bertz CT molecular complexity index is 287. The van der Waals surface area contributed by atoms with E-state index in [9.17, 15) is 4.79 Å². The van der Waals surface area contributed by atoms with Gasteiger partial charge in [0.25, 0.3) is 0 Å². The minimum absolute atomic E-state index is 0.231. The molecule has 1 fully saturated rings. The molecule has 0 N–H and O–H groups in total. The minimum atomic E-state index is 0.231. The summed E-state index contributed by atoms with van der Waals surface area (Å²) < 4.78 is 0. The maximum Gasteiger partial charge on any atom is 0.230 e. The highest BCUT2D eigenvalue weighted by Crippen LogP contribution is 2.35. The van der Waals surface area contributed by atoms with Crippen LogP contribution >= 0.6 is 23.4 Å². The summed E-state index contributed by atoms with van der Waals surface area (Å²) in [4.78, 5) is 12.9. The van der Waals surface area contributed by atoms with E-state index in [1.54, 1.807) is 0 Å². The number of β-lactam (4-membered cyclic amide) rings is 1. The van der Waals surface area contributed by atoms with E-state index in [1.165, 1.54) is 5.57 Å². The molecule has 0 bridgehead atoms. The normalized spacial score (nSPS) is 27.2. The second kappa shape index (κ2) is 3.76. The highest BCUT2D eigenvalue weighted by Gasteiger charge is 2.37. The van der Waals surface area contributed by atoms with E-state index in [4.69, 9.17) is 11.6 Å². The summed E-state index contributed by atoms with van der Waals surface area (Å²) in [5.41, 5.74) is 1.18. The molecule has 4 heteroatoms. The fraction of sp³-hybridized carbons (Fsp3) is 0.444. The molecule has 2 aliphatic rings. The van der Waals surface area contributed by atoms with Gasteiger partial charge < -0.3 is 4.90 Å². The molecule has 0 spiro atoms. The van der Waals surface area contributed by atoms with Gasteiger partial charge in [-0.1, -0.05) is 12.2 Å². The standard InChI is InChI=1S/C9H10ClNOS/c10-3-1-2-7-5-11-8(12)4-9(11)13-6-7/h1-2,5,9H,3-4,6H2/b2-1-/t9-/m0/s1. The number of carbonyl (C=O) groups is 1. The molecule has 1 amide bonds. The van der Waals surface area contributed by atoms with Gasteiger partial charge in [0.2, 0.25) is 5.91 Å². The SMILES string of the molecule is O=C1C[C@@H]2SCC(/C=C\CCl)=CN12. The smallest absolute Gasteiger partial charge is 0.230 e. The van der Waals surface area contributed by atoms with Crippen molar-refractivity contribution in [3.05, 3.63) is 23.9 Å². The molecule has 1 atom stereocenters. The van der Waals surface area contributed by atoms with Crippen LogP contribution in [-0.2, 0) is 4.79 Å². The fourth-order valence-electron chi connectivity index (χ4n) is 1.39. The van der Waals surface area contributed by atoms with Crippen molar-refractivity contribution in [2.75, 3.05) is 11.6 Å². The van der Waals surface area contributed by atoms with Crippen LogP contribution in [0, 0.1) is 0 Å². The van der Waals surface area contributed by atoms with Crippen LogP contribution < -0.4 is 0 Å². The van der Waals surface area contributed by atoms with Gasteiger partial charge in [-0.3, -0.25) is 4.79 Å². The van der Waals surface area contributed by atoms with Crippen LogP contribution in [0.1, 0.15) is 6.42 Å². The number of hydrogen-bond donors (Lipinski definition) is 0. The third-order valence-electron chi connectivity index (χ3n) is 2.12. The maximum absolute atomic E-state index is 11.1. The molecule has 2 aliphatic heterocycles. The largest absolute Gasteiger partial charge is 0.306 e. The number of alkyl halides is 1. The third-order valence-corrected chi connectivity index (χ3v) is 3.57. The van der Waals surface area contributed by atoms with Crippen LogP contribution in [-0.4, -0.2) is 27.8 Å². The number of halogens is 1. The Morgan fingerprint density at radius 1 is 1.77 bits per heavy atom. The molecule has 0 aliphatic carbocycles. The van der Waals surface area contributed by atoms with E-state index in [2.05, 4.69) is 0 Å². The van der Waals surface area contributed by atoms with Gasteiger partial charge in [-0.05, 0) is 5.57 Å². The summed E-state index contributed by atoms with van der Waals surface area (Å²) in [7, 11) is 0. The summed E-state index contributed by atoms with van der Waals surface area (Å²) in [6.07, 6.45) is 6.53. The second-order valence-electron chi connectivity index (χ2n) is 3.03. The number of hydrogen-bond acceptors (Lipinski definition) is 2. The van der Waals surface area contributed by atoms with Gasteiger partial charge in [0.1, 0.15) is 0 Å². The van der Waals surface area contributed by atoms with Gasteiger partial charge >= 0.3 is 0 Å². The Labute approximate surface area is 86.6 Å². The molecule has 1 saturated heterocycles. The topological polar surface area (TPSA) is 20.3 Å². The van der Waals surface area contributed by atoms with Crippen molar-refractivity contribution >= 4 is 29.3 Å². The minimum Gasteiger partial charge on any atom is -0.306 e. The molecule has 0 unspecified atom stereocenters. The summed E-state index contributed by atoms with van der Waals surface area (Å²) in [6, 6.07) is 0. The monoisotopic (exact) mass is 215 g/mol. The number of amides is 1. The number of thioether (sulfide) groups is 1. The molecule has 2 nitrogen and oxygen atoms in total. The Hall–Kier alpha value is -0.410. The summed E-state index contributed by atoms with van der Waals surface area (Å²) in [6.45, 7) is 0. The Balaban J connectivity index is 2.05. The molecule has 2 heterocycles. The lowest BCUT2D eigenvalue weighted by atomic mass is 10.2. The van der Waals surface area contributed by atoms with Crippen LogP contribution in [0.3, 0.4) is 0 Å². The number of allylic oxidation sites excluding steroid dienone is 2. The van der Waals surface area contributed by atoms with E-state index in [0.29, 0.717) is 17.7 Å². The highest BCUT2D eigenvalue weighted by atomic mass is 35.5. The predicted molar refractivity (Wildman–Crippen MR) is 55.7 cm³/mol. The van der Waals surface area contributed by atoms with Crippen LogP contribution in [0.4, 0.5) is 0 Å². The first-order valence-electron chi connectivity index (χ1n) is 4.17. The van der Waals surface area contributed by atoms with Gasteiger partial charge in [-0.2, -0.15) is 0 Å². The van der Waals surface area contributed by atoms with Gasteiger partial charge in [0.05, 0.1) is 11.8 Å². The van der Waals surface area contributed by atoms with Crippen LogP contribution in [0.2, 0.25) is 0 Å². The lowest BCUT2D eigenvalue weighted by Crippen LogP contribution is -2.48. The van der Waals surface area contributed by atoms with Crippen molar-refractivity contribution in [2.24, 2.45) is 0 Å². The summed E-state index contributed by atoms with van der Waals surface area (Å²) >= 11 is 7.34. The van der Waals surface area contributed by atoms with Gasteiger partial charge in [0.15, 0.2) is 0 Å². The van der Waals surface area contributed by atoms with Crippen molar-refractivity contribution in [1.82, 2.24) is 4.90 Å². The maximum atomic E-state index is 11.1. The highest BCUT2D eigenvalue weighted by molar-refractivity contribution is 8.00. The molecular weight excluding hydrogens is 206 g/mol. The first kappa shape index (κ1) is 9.16. The number of carbonyl (C=O) groups excluding carboxylic acids is 1. The van der Waals surface area contributed by atoms with Crippen LogP contribution in [0.5, 0.6) is 0 Å². The number of rotatable bonds is 2. The Morgan fingerprint density at radius 2 is 2.62 bits per heavy atom. The van der Waals surface area contributed by atoms with E-state index < -0.39 is 0 Å². The van der Waals surface area contributed by atoms with Crippen molar-refractivity contribution in [3.63, 3.8) is 0 Å². The molecule has 0 aromatic rings. The van der Waals surface area contributed by atoms with E-state index in [-0.39, 0.29) is 5.91 Å². The number of nitrogens with zero attached hydrogens (tertiary/aromatic N) is 1.